The first-order chi connectivity index (χ1) is 21.8. The van der Waals surface area contributed by atoms with Gasteiger partial charge >= 0.3 is 5.97 Å². The minimum absolute atomic E-state index is 0.0777. The Labute approximate surface area is 280 Å². The lowest BCUT2D eigenvalue weighted by atomic mass is 9.41. The molecule has 3 N–H and O–H groups in total. The number of carbonyl (C=O) groups excluding carboxylic acids is 2. The van der Waals surface area contributed by atoms with Gasteiger partial charge in [0, 0.05) is 18.3 Å². The highest BCUT2D eigenvalue weighted by atomic mass is 16.7. The summed E-state index contributed by atoms with van der Waals surface area (Å²) in [6, 6.07) is 0. The Kier molecular flexibility index (Phi) is 7.83. The summed E-state index contributed by atoms with van der Waals surface area (Å²) in [7, 11) is 0. The van der Waals surface area contributed by atoms with Crippen molar-refractivity contribution >= 4 is 11.8 Å². The molecule has 7 rings (SSSR count). The average molecular weight is 661 g/mol. The normalized spacial score (nSPS) is 53.9. The number of ketones is 1. The van der Waals surface area contributed by atoms with E-state index in [0.29, 0.717) is 31.3 Å². The van der Waals surface area contributed by atoms with Crippen molar-refractivity contribution in [3.8, 4) is 0 Å². The Hall–Kier alpha value is -1.10. The highest BCUT2D eigenvalue weighted by Crippen LogP contribution is 2.91. The van der Waals surface area contributed by atoms with Crippen molar-refractivity contribution in [3.05, 3.63) is 0 Å². The quantitative estimate of drug-likeness (QED) is 0.281. The van der Waals surface area contributed by atoms with Gasteiger partial charge in [-0.15, -0.1) is 0 Å². The van der Waals surface area contributed by atoms with Crippen LogP contribution < -0.4 is 0 Å². The van der Waals surface area contributed by atoms with Gasteiger partial charge in [0.1, 0.15) is 12.2 Å². The number of fused-ring (bicyclic) bond motifs is 4. The number of carbonyl (C=O) groups is 2. The Morgan fingerprint density at radius 3 is 2.30 bits per heavy atom. The van der Waals surface area contributed by atoms with Crippen molar-refractivity contribution in [2.75, 3.05) is 6.61 Å². The topological polar surface area (TPSA) is 132 Å². The monoisotopic (exact) mass is 660 g/mol. The van der Waals surface area contributed by atoms with Crippen LogP contribution in [0.4, 0.5) is 0 Å². The molecule has 5 aliphatic carbocycles. The van der Waals surface area contributed by atoms with E-state index in [9.17, 15) is 20.1 Å². The van der Waals surface area contributed by atoms with Crippen molar-refractivity contribution in [1.82, 2.24) is 0 Å². The lowest BCUT2D eigenvalue weighted by Crippen LogP contribution is -2.60. The summed E-state index contributed by atoms with van der Waals surface area (Å²) >= 11 is 0. The first kappa shape index (κ1) is 34.4. The molecular weight excluding hydrogens is 600 g/mol. The summed E-state index contributed by atoms with van der Waals surface area (Å²) in [6.45, 7) is 19.0. The molecule has 0 aromatic heterocycles. The van der Waals surface area contributed by atoms with Crippen LogP contribution in [0.5, 0.6) is 0 Å². The van der Waals surface area contributed by atoms with Crippen molar-refractivity contribution in [3.63, 3.8) is 0 Å². The zero-order valence-electron chi connectivity index (χ0n) is 30.1. The van der Waals surface area contributed by atoms with Crippen LogP contribution >= 0.6 is 0 Å². The van der Waals surface area contributed by atoms with Gasteiger partial charge in [0.25, 0.3) is 0 Å². The summed E-state index contributed by atoms with van der Waals surface area (Å²) in [4.78, 5) is 27.1. The number of aliphatic hydroxyl groups excluding tert-OH is 2. The number of esters is 1. The van der Waals surface area contributed by atoms with Crippen molar-refractivity contribution < 1.29 is 43.9 Å². The molecule has 0 bridgehead atoms. The molecule has 2 saturated heterocycles. The molecule has 47 heavy (non-hydrogen) atoms. The summed E-state index contributed by atoms with van der Waals surface area (Å²) in [5.74, 6) is 1.19. The third-order valence-electron chi connectivity index (χ3n) is 16.2. The van der Waals surface area contributed by atoms with Crippen LogP contribution in [0, 0.1) is 56.7 Å². The van der Waals surface area contributed by atoms with E-state index in [1.165, 1.54) is 6.92 Å². The predicted octanol–water partition coefficient (Wildman–Crippen LogP) is 4.81. The maximum atomic E-state index is 15.1. The second-order valence-electron chi connectivity index (χ2n) is 18.6. The van der Waals surface area contributed by atoms with Gasteiger partial charge in [-0.1, -0.05) is 41.5 Å². The van der Waals surface area contributed by atoms with E-state index in [-0.39, 0.29) is 51.3 Å². The Bertz CT molecular complexity index is 1290. The first-order valence-corrected chi connectivity index (χ1v) is 18.5. The Balaban J connectivity index is 1.18. The van der Waals surface area contributed by atoms with Gasteiger partial charge in [-0.3, -0.25) is 9.59 Å². The molecule has 0 radical (unpaired) electrons. The van der Waals surface area contributed by atoms with Crippen LogP contribution in [0.15, 0.2) is 0 Å². The summed E-state index contributed by atoms with van der Waals surface area (Å²) in [6.07, 6.45) is 2.33. The molecule has 2 heterocycles. The summed E-state index contributed by atoms with van der Waals surface area (Å²) < 4.78 is 24.7. The largest absolute Gasteiger partial charge is 0.457 e. The van der Waals surface area contributed by atoms with Crippen LogP contribution in [0.2, 0.25) is 0 Å². The van der Waals surface area contributed by atoms with E-state index in [0.717, 1.165) is 38.5 Å². The molecule has 2 aliphatic heterocycles. The maximum absolute atomic E-state index is 15.1. The molecular formula is C38H60O9. The molecule has 2 spiro atoms. The zero-order valence-corrected chi connectivity index (χ0v) is 30.1. The highest BCUT2D eigenvalue weighted by molar-refractivity contribution is 5.93. The third-order valence-corrected chi connectivity index (χ3v) is 16.2. The van der Waals surface area contributed by atoms with Crippen LogP contribution in [-0.4, -0.2) is 82.2 Å². The fourth-order valence-electron chi connectivity index (χ4n) is 14.1. The maximum Gasteiger partial charge on any atom is 0.303 e. The number of hydrogen-bond donors (Lipinski definition) is 3. The van der Waals surface area contributed by atoms with Gasteiger partial charge in [0.05, 0.1) is 30.5 Å². The first-order valence-electron chi connectivity index (χ1n) is 18.5. The molecule has 5 saturated carbocycles. The van der Waals surface area contributed by atoms with Crippen molar-refractivity contribution in [1.29, 1.82) is 0 Å². The molecule has 7 aliphatic rings. The number of hydrogen-bond acceptors (Lipinski definition) is 9. The molecule has 0 aromatic carbocycles. The minimum Gasteiger partial charge on any atom is -0.457 e. The van der Waals surface area contributed by atoms with E-state index in [2.05, 4.69) is 41.5 Å². The van der Waals surface area contributed by atoms with Gasteiger partial charge in [-0.2, -0.15) is 0 Å². The lowest BCUT2D eigenvalue weighted by molar-refractivity contribution is -0.285. The molecule has 266 valence electrons. The standard InChI is InChI=1S/C38H60O9/c1-19-18-23(31(34(6,7)43)45-21(3)39)46-29-27(19)35(8)15-16-38-20(2)37(38)14-12-26(47-32-28(41)22(40)13-17-44-32)33(4,5)24(37)10-11-25(38)36(35,9)30(29)42/h19-20,22-29,31-32,40-41,43H,10-18H2,1-9H3. The van der Waals surface area contributed by atoms with Gasteiger partial charge in [-0.25, -0.2) is 0 Å². The second-order valence-corrected chi connectivity index (χ2v) is 18.6. The number of rotatable bonds is 5. The van der Waals surface area contributed by atoms with Gasteiger partial charge in [-0.05, 0) is 111 Å². The number of aliphatic hydroxyl groups is 3. The second kappa shape index (κ2) is 10.7. The van der Waals surface area contributed by atoms with E-state index in [4.69, 9.17) is 18.9 Å². The van der Waals surface area contributed by atoms with Gasteiger partial charge in [0.2, 0.25) is 0 Å². The molecule has 16 atom stereocenters. The molecule has 9 heteroatoms. The van der Waals surface area contributed by atoms with E-state index in [1.54, 1.807) is 13.8 Å². The SMILES string of the molecule is CC(=O)OC(C1CC(C)C2C(O1)C(=O)C1(C)C3CCC4C(C)(C)C(OC5OCCC(O)C5O)CCC45C(C)C35CCC21C)C(C)(C)O. The van der Waals surface area contributed by atoms with Crippen LogP contribution in [0.3, 0.4) is 0 Å². The smallest absolute Gasteiger partial charge is 0.303 e. The number of Topliss-reactive ketones (excluding diaryl/α,β-unsaturated/α-hetero) is 1. The highest BCUT2D eigenvalue weighted by Gasteiger charge is 2.88. The minimum atomic E-state index is -1.31. The molecule has 0 aromatic rings. The molecule has 16 unspecified atom stereocenters. The summed E-state index contributed by atoms with van der Waals surface area (Å²) in [5.41, 5.74) is -1.98. The molecule has 9 nitrogen and oxygen atoms in total. The molecule has 0 amide bonds. The fraction of sp³-hybridized carbons (Fsp3) is 0.947. The van der Waals surface area contributed by atoms with Crippen molar-refractivity contribution in [2.24, 2.45) is 56.7 Å². The van der Waals surface area contributed by atoms with E-state index in [1.807, 2.05) is 0 Å². The zero-order chi connectivity index (χ0) is 34.3. The Morgan fingerprint density at radius 1 is 0.979 bits per heavy atom. The third kappa shape index (κ3) is 4.28. The molecule has 7 fully saturated rings. The van der Waals surface area contributed by atoms with Crippen LogP contribution in [0.25, 0.3) is 0 Å². The van der Waals surface area contributed by atoms with Crippen LogP contribution in [0.1, 0.15) is 114 Å². The van der Waals surface area contributed by atoms with Crippen LogP contribution in [-0.2, 0) is 28.5 Å². The van der Waals surface area contributed by atoms with E-state index >= 15 is 4.79 Å². The fourth-order valence-corrected chi connectivity index (χ4v) is 14.1. The number of ether oxygens (including phenoxy) is 4. The van der Waals surface area contributed by atoms with Gasteiger partial charge < -0.3 is 34.3 Å². The lowest BCUT2D eigenvalue weighted by Gasteiger charge is -2.62. The van der Waals surface area contributed by atoms with Gasteiger partial charge in [0.15, 0.2) is 18.2 Å². The van der Waals surface area contributed by atoms with E-state index < -0.39 is 53.8 Å². The van der Waals surface area contributed by atoms with Crippen molar-refractivity contribution in [2.45, 2.75) is 162 Å². The predicted molar refractivity (Wildman–Crippen MR) is 173 cm³/mol. The summed E-state index contributed by atoms with van der Waals surface area (Å²) in [5, 5.41) is 31.9. The average Bonchev–Trinajstić information content (AvgIpc) is 3.45. The Morgan fingerprint density at radius 2 is 1.64 bits per heavy atom.